The molecule has 0 amide bonds. The van der Waals surface area contributed by atoms with Crippen LogP contribution in [0.25, 0.3) is 11.4 Å². The summed E-state index contributed by atoms with van der Waals surface area (Å²) in [6.45, 7) is 1.87. The molecule has 0 radical (unpaired) electrons. The molecular weight excluding hydrogens is 280 g/mol. The van der Waals surface area contributed by atoms with Crippen LogP contribution in [0.1, 0.15) is 18.9 Å². The van der Waals surface area contributed by atoms with Gasteiger partial charge in [-0.3, -0.25) is 0 Å². The van der Waals surface area contributed by atoms with E-state index >= 15 is 0 Å². The summed E-state index contributed by atoms with van der Waals surface area (Å²) in [6.07, 6.45) is -0.325. The zero-order chi connectivity index (χ0) is 15.4. The highest BCUT2D eigenvalue weighted by molar-refractivity contribution is 5.56. The van der Waals surface area contributed by atoms with Crippen LogP contribution >= 0.6 is 0 Å². The molecule has 0 unspecified atom stereocenters. The van der Waals surface area contributed by atoms with Crippen LogP contribution in [-0.4, -0.2) is 17.3 Å². The van der Waals surface area contributed by atoms with E-state index in [1.807, 2.05) is 61.5 Å². The lowest BCUT2D eigenvalue weighted by Crippen LogP contribution is -2.03. The van der Waals surface area contributed by atoms with Crippen molar-refractivity contribution in [2.45, 2.75) is 13.0 Å². The minimum Gasteiger partial charge on any atom is -0.497 e. The summed E-state index contributed by atoms with van der Waals surface area (Å²) in [5.41, 5.74) is 0.835. The van der Waals surface area contributed by atoms with Crippen molar-refractivity contribution in [2.75, 3.05) is 7.11 Å². The Morgan fingerprint density at radius 2 is 1.77 bits per heavy atom. The van der Waals surface area contributed by atoms with E-state index in [4.69, 9.17) is 14.0 Å². The van der Waals surface area contributed by atoms with Gasteiger partial charge in [0.05, 0.1) is 7.11 Å². The minimum atomic E-state index is -0.325. The van der Waals surface area contributed by atoms with Crippen molar-refractivity contribution in [3.05, 3.63) is 60.5 Å². The van der Waals surface area contributed by atoms with Gasteiger partial charge in [-0.2, -0.15) is 4.98 Å². The van der Waals surface area contributed by atoms with Gasteiger partial charge in [0, 0.05) is 5.56 Å². The van der Waals surface area contributed by atoms with E-state index in [2.05, 4.69) is 10.1 Å². The molecule has 1 aromatic heterocycles. The first-order valence-electron chi connectivity index (χ1n) is 6.96. The summed E-state index contributed by atoms with van der Waals surface area (Å²) < 4.78 is 16.3. The van der Waals surface area contributed by atoms with Crippen LogP contribution in [0.4, 0.5) is 0 Å². The van der Waals surface area contributed by atoms with Crippen molar-refractivity contribution in [1.29, 1.82) is 0 Å². The van der Waals surface area contributed by atoms with Crippen molar-refractivity contribution < 1.29 is 14.0 Å². The lowest BCUT2D eigenvalue weighted by atomic mass is 10.2. The van der Waals surface area contributed by atoms with E-state index in [0.29, 0.717) is 11.7 Å². The Morgan fingerprint density at radius 1 is 1.00 bits per heavy atom. The smallest absolute Gasteiger partial charge is 0.267 e. The van der Waals surface area contributed by atoms with Crippen molar-refractivity contribution in [1.82, 2.24) is 10.1 Å². The number of methoxy groups -OCH3 is 1. The van der Waals surface area contributed by atoms with Gasteiger partial charge >= 0.3 is 0 Å². The van der Waals surface area contributed by atoms with E-state index in [9.17, 15) is 0 Å². The predicted octanol–water partition coefficient (Wildman–Crippen LogP) is 3.89. The fraction of sp³-hybridized carbons (Fsp3) is 0.176. The van der Waals surface area contributed by atoms with Crippen LogP contribution in [0, 0.1) is 0 Å². The summed E-state index contributed by atoms with van der Waals surface area (Å²) in [6, 6.07) is 17.0. The number of ether oxygens (including phenoxy) is 2. The second-order valence-electron chi connectivity index (χ2n) is 4.76. The second kappa shape index (κ2) is 6.30. The van der Waals surface area contributed by atoms with Crippen LogP contribution < -0.4 is 9.47 Å². The standard InChI is InChI=1S/C17H16N2O3/c1-12(21-14-8-4-3-5-9-14)17-18-16(19-22-17)13-7-6-10-15(11-13)20-2/h3-12H,1-2H3/t12-/m1/s1. The molecule has 0 saturated carbocycles. The summed E-state index contributed by atoms with van der Waals surface area (Å²) >= 11 is 0. The van der Waals surface area contributed by atoms with Gasteiger partial charge in [-0.25, -0.2) is 0 Å². The van der Waals surface area contributed by atoms with E-state index in [1.165, 1.54) is 0 Å². The van der Waals surface area contributed by atoms with Gasteiger partial charge in [-0.15, -0.1) is 0 Å². The number of hydrogen-bond acceptors (Lipinski definition) is 5. The van der Waals surface area contributed by atoms with Crippen molar-refractivity contribution >= 4 is 0 Å². The molecule has 1 heterocycles. The quantitative estimate of drug-likeness (QED) is 0.715. The Balaban J connectivity index is 1.78. The van der Waals surface area contributed by atoms with Crippen LogP contribution in [0.15, 0.2) is 59.1 Å². The molecule has 22 heavy (non-hydrogen) atoms. The lowest BCUT2D eigenvalue weighted by molar-refractivity contribution is 0.176. The van der Waals surface area contributed by atoms with Crippen LogP contribution in [0.5, 0.6) is 11.5 Å². The highest BCUT2D eigenvalue weighted by atomic mass is 16.5. The Morgan fingerprint density at radius 3 is 2.55 bits per heavy atom. The molecule has 0 aliphatic rings. The Labute approximate surface area is 128 Å². The summed E-state index contributed by atoms with van der Waals surface area (Å²) in [5, 5.41) is 4.00. The topological polar surface area (TPSA) is 57.4 Å². The van der Waals surface area contributed by atoms with Crippen molar-refractivity contribution in [2.24, 2.45) is 0 Å². The van der Waals surface area contributed by atoms with E-state index < -0.39 is 0 Å². The predicted molar refractivity (Wildman–Crippen MR) is 81.8 cm³/mol. The molecule has 0 saturated heterocycles. The van der Waals surface area contributed by atoms with Gasteiger partial charge < -0.3 is 14.0 Å². The Bertz CT molecular complexity index is 740. The molecule has 1 atom stereocenters. The average Bonchev–Trinajstić information content (AvgIpc) is 3.06. The van der Waals surface area contributed by atoms with Gasteiger partial charge in [0.1, 0.15) is 11.5 Å². The van der Waals surface area contributed by atoms with Gasteiger partial charge in [0.2, 0.25) is 5.82 Å². The fourth-order valence-electron chi connectivity index (χ4n) is 2.03. The number of aromatic nitrogens is 2. The third kappa shape index (κ3) is 3.09. The molecule has 0 fully saturated rings. The van der Waals surface area contributed by atoms with Crippen LogP contribution in [0.2, 0.25) is 0 Å². The SMILES string of the molecule is COc1cccc(-c2noc([C@@H](C)Oc3ccccc3)n2)c1. The largest absolute Gasteiger partial charge is 0.497 e. The zero-order valence-corrected chi connectivity index (χ0v) is 12.4. The first-order chi connectivity index (χ1) is 10.8. The van der Waals surface area contributed by atoms with E-state index in [0.717, 1.165) is 17.1 Å². The highest BCUT2D eigenvalue weighted by Crippen LogP contribution is 2.24. The summed E-state index contributed by atoms with van der Waals surface area (Å²) in [5.74, 6) is 2.45. The molecule has 2 aromatic carbocycles. The molecule has 0 spiro atoms. The highest BCUT2D eigenvalue weighted by Gasteiger charge is 2.17. The molecule has 0 N–H and O–H groups in total. The monoisotopic (exact) mass is 296 g/mol. The van der Waals surface area contributed by atoms with Crippen LogP contribution in [-0.2, 0) is 0 Å². The Kier molecular flexibility index (Phi) is 4.05. The fourth-order valence-corrected chi connectivity index (χ4v) is 2.03. The number of benzene rings is 2. The first kappa shape index (κ1) is 14.1. The molecule has 5 heteroatoms. The zero-order valence-electron chi connectivity index (χ0n) is 12.4. The third-order valence-corrected chi connectivity index (χ3v) is 3.17. The third-order valence-electron chi connectivity index (χ3n) is 3.17. The minimum absolute atomic E-state index is 0.325. The maximum Gasteiger partial charge on any atom is 0.267 e. The van der Waals surface area contributed by atoms with Crippen molar-refractivity contribution in [3.63, 3.8) is 0 Å². The molecule has 112 valence electrons. The van der Waals surface area contributed by atoms with Gasteiger partial charge in [-0.1, -0.05) is 35.5 Å². The van der Waals surface area contributed by atoms with Gasteiger partial charge in [0.25, 0.3) is 5.89 Å². The number of rotatable bonds is 5. The normalized spacial score (nSPS) is 11.9. The summed E-state index contributed by atoms with van der Waals surface area (Å²) in [4.78, 5) is 4.39. The number of para-hydroxylation sites is 1. The molecule has 0 bridgehead atoms. The van der Waals surface area contributed by atoms with E-state index in [-0.39, 0.29) is 6.10 Å². The number of hydrogen-bond donors (Lipinski definition) is 0. The first-order valence-corrected chi connectivity index (χ1v) is 6.96. The molecule has 0 aliphatic heterocycles. The summed E-state index contributed by atoms with van der Waals surface area (Å²) in [7, 11) is 1.62. The molecule has 3 aromatic rings. The molecular formula is C17H16N2O3. The lowest BCUT2D eigenvalue weighted by Gasteiger charge is -2.09. The number of nitrogens with zero attached hydrogens (tertiary/aromatic N) is 2. The van der Waals surface area contributed by atoms with Crippen molar-refractivity contribution in [3.8, 4) is 22.9 Å². The van der Waals surface area contributed by atoms with Crippen LogP contribution in [0.3, 0.4) is 0 Å². The average molecular weight is 296 g/mol. The second-order valence-corrected chi connectivity index (χ2v) is 4.76. The van der Waals surface area contributed by atoms with Gasteiger partial charge in [-0.05, 0) is 31.2 Å². The molecule has 3 rings (SSSR count). The maximum absolute atomic E-state index is 5.77. The molecule has 5 nitrogen and oxygen atoms in total. The Hall–Kier alpha value is -2.82. The molecule has 0 aliphatic carbocycles. The maximum atomic E-state index is 5.77. The van der Waals surface area contributed by atoms with Gasteiger partial charge in [0.15, 0.2) is 6.10 Å². The van der Waals surface area contributed by atoms with E-state index in [1.54, 1.807) is 7.11 Å².